The third-order valence-corrected chi connectivity index (χ3v) is 4.81. The van der Waals surface area contributed by atoms with Crippen LogP contribution in [0.15, 0.2) is 0 Å². The lowest BCUT2D eigenvalue weighted by molar-refractivity contribution is 0.308. The molecule has 0 aliphatic carbocycles. The summed E-state index contributed by atoms with van der Waals surface area (Å²) in [6, 6.07) is 0. The zero-order valence-electron chi connectivity index (χ0n) is 9.35. The van der Waals surface area contributed by atoms with Gasteiger partial charge in [-0.25, -0.2) is 0 Å². The predicted octanol–water partition coefficient (Wildman–Crippen LogP) is -0.00230. The maximum Gasteiger partial charge on any atom is 0.282 e. The first-order valence-electron chi connectivity index (χ1n) is 5.58. The van der Waals surface area contributed by atoms with Crippen molar-refractivity contribution in [2.75, 3.05) is 32.7 Å². The molecule has 5 nitrogen and oxygen atoms in total. The van der Waals surface area contributed by atoms with E-state index in [9.17, 15) is 8.42 Å². The van der Waals surface area contributed by atoms with Crippen LogP contribution < -0.4 is 5.73 Å². The lowest BCUT2D eigenvalue weighted by Gasteiger charge is -2.31. The second-order valence-electron chi connectivity index (χ2n) is 3.75. The molecule has 0 amide bonds. The number of piperidine rings is 1. The van der Waals surface area contributed by atoms with Crippen molar-refractivity contribution in [2.24, 2.45) is 5.73 Å². The van der Waals surface area contributed by atoms with Crippen LogP contribution >= 0.6 is 0 Å². The number of nitrogens with two attached hydrogens (primary N) is 1. The van der Waals surface area contributed by atoms with Gasteiger partial charge in [-0.2, -0.15) is 17.0 Å². The molecule has 0 aromatic rings. The Balaban J connectivity index is 2.69. The molecule has 1 heterocycles. The summed E-state index contributed by atoms with van der Waals surface area (Å²) in [4.78, 5) is 0. The fraction of sp³-hybridized carbons (Fsp3) is 1.00. The molecule has 0 bridgehead atoms. The fourth-order valence-electron chi connectivity index (χ4n) is 1.84. The van der Waals surface area contributed by atoms with Crippen LogP contribution in [0.25, 0.3) is 0 Å². The summed E-state index contributed by atoms with van der Waals surface area (Å²) in [5, 5.41) is 0. The van der Waals surface area contributed by atoms with E-state index in [1.165, 1.54) is 4.31 Å². The second-order valence-corrected chi connectivity index (χ2v) is 5.68. The molecule has 0 radical (unpaired) electrons. The summed E-state index contributed by atoms with van der Waals surface area (Å²) in [5.41, 5.74) is 5.41. The number of nitrogens with zero attached hydrogens (tertiary/aromatic N) is 2. The highest BCUT2D eigenvalue weighted by molar-refractivity contribution is 7.86. The Bertz CT molecular complexity index is 262. The summed E-state index contributed by atoms with van der Waals surface area (Å²) in [7, 11) is -3.25. The largest absolute Gasteiger partial charge is 0.329 e. The molecule has 1 aliphatic heterocycles. The van der Waals surface area contributed by atoms with Gasteiger partial charge in [-0.3, -0.25) is 0 Å². The van der Waals surface area contributed by atoms with Crippen LogP contribution in [0, 0.1) is 0 Å². The van der Waals surface area contributed by atoms with Gasteiger partial charge in [0.15, 0.2) is 0 Å². The maximum atomic E-state index is 12.1. The normalized spacial score (nSPS) is 19.7. The van der Waals surface area contributed by atoms with Crippen molar-refractivity contribution in [3.63, 3.8) is 0 Å². The van der Waals surface area contributed by atoms with E-state index >= 15 is 0 Å². The first-order valence-corrected chi connectivity index (χ1v) is 6.98. The number of hydrogen-bond acceptors (Lipinski definition) is 3. The summed E-state index contributed by atoms with van der Waals surface area (Å²) in [6.45, 7) is 4.44. The molecule has 0 aromatic heterocycles. The van der Waals surface area contributed by atoms with Gasteiger partial charge in [0.25, 0.3) is 10.2 Å². The van der Waals surface area contributed by atoms with Crippen LogP contribution in [0.5, 0.6) is 0 Å². The monoisotopic (exact) mass is 235 g/mol. The van der Waals surface area contributed by atoms with E-state index < -0.39 is 10.2 Å². The Labute approximate surface area is 92.4 Å². The van der Waals surface area contributed by atoms with Gasteiger partial charge < -0.3 is 5.73 Å². The topological polar surface area (TPSA) is 66.6 Å². The van der Waals surface area contributed by atoms with Crippen molar-refractivity contribution >= 4 is 10.2 Å². The highest BCUT2D eigenvalue weighted by Gasteiger charge is 2.28. The summed E-state index contributed by atoms with van der Waals surface area (Å²) >= 11 is 0. The molecule has 0 unspecified atom stereocenters. The van der Waals surface area contributed by atoms with Crippen molar-refractivity contribution in [1.29, 1.82) is 0 Å². The lowest BCUT2D eigenvalue weighted by atomic mass is 10.2. The molecule has 1 saturated heterocycles. The van der Waals surface area contributed by atoms with Crippen LogP contribution in [0.4, 0.5) is 0 Å². The Morgan fingerprint density at radius 1 is 1.27 bits per heavy atom. The van der Waals surface area contributed by atoms with Gasteiger partial charge in [0.2, 0.25) is 0 Å². The zero-order valence-corrected chi connectivity index (χ0v) is 10.2. The molecule has 0 atom stereocenters. The quantitative estimate of drug-likeness (QED) is 0.729. The number of likely N-dealkylation sites (N-methyl/N-ethyl adjacent to an activating group) is 1. The van der Waals surface area contributed by atoms with Crippen molar-refractivity contribution in [1.82, 2.24) is 8.61 Å². The van der Waals surface area contributed by atoms with Crippen LogP contribution in [-0.2, 0) is 10.2 Å². The second kappa shape index (κ2) is 5.79. The van der Waals surface area contributed by atoms with E-state index in [4.69, 9.17) is 5.73 Å². The fourth-order valence-corrected chi connectivity index (χ4v) is 3.55. The lowest BCUT2D eigenvalue weighted by Crippen LogP contribution is -2.47. The average Bonchev–Trinajstić information content (AvgIpc) is 2.27. The molecule has 6 heteroatoms. The molecule has 15 heavy (non-hydrogen) atoms. The third kappa shape index (κ3) is 3.14. The molecular formula is C9H21N3O2S. The Kier molecular flexibility index (Phi) is 4.98. The smallest absolute Gasteiger partial charge is 0.282 e. The van der Waals surface area contributed by atoms with Gasteiger partial charge in [-0.1, -0.05) is 13.3 Å². The first kappa shape index (κ1) is 12.9. The van der Waals surface area contributed by atoms with E-state index in [1.54, 1.807) is 4.31 Å². The highest BCUT2D eigenvalue weighted by atomic mass is 32.2. The molecule has 90 valence electrons. The molecule has 0 saturated carbocycles. The van der Waals surface area contributed by atoms with Gasteiger partial charge in [0.1, 0.15) is 0 Å². The van der Waals surface area contributed by atoms with Crippen molar-refractivity contribution in [3.8, 4) is 0 Å². The van der Waals surface area contributed by atoms with Gasteiger partial charge in [-0.15, -0.1) is 0 Å². The van der Waals surface area contributed by atoms with Crippen LogP contribution in [0.1, 0.15) is 26.2 Å². The minimum atomic E-state index is -3.25. The molecule has 1 fully saturated rings. The molecule has 0 spiro atoms. The van der Waals surface area contributed by atoms with Gasteiger partial charge >= 0.3 is 0 Å². The predicted molar refractivity (Wildman–Crippen MR) is 60.6 cm³/mol. The zero-order chi connectivity index (χ0) is 11.3. The van der Waals surface area contributed by atoms with Crippen molar-refractivity contribution < 1.29 is 8.42 Å². The standard InChI is InChI=1S/C9H21N3O2S/c1-2-11(9-6-10)15(13,14)12-7-4-3-5-8-12/h2-10H2,1H3. The Hall–Kier alpha value is -0.170. The summed E-state index contributed by atoms with van der Waals surface area (Å²) < 4.78 is 27.2. The van der Waals surface area contributed by atoms with E-state index in [1.807, 2.05) is 6.92 Å². The van der Waals surface area contributed by atoms with Gasteiger partial charge in [0, 0.05) is 32.7 Å². The summed E-state index contributed by atoms with van der Waals surface area (Å²) in [6.07, 6.45) is 3.08. The third-order valence-electron chi connectivity index (χ3n) is 2.70. The number of hydrogen-bond donors (Lipinski definition) is 1. The first-order chi connectivity index (χ1) is 7.12. The van der Waals surface area contributed by atoms with Crippen LogP contribution in [-0.4, -0.2) is 49.8 Å². The average molecular weight is 235 g/mol. The van der Waals surface area contributed by atoms with E-state index in [0.29, 0.717) is 32.7 Å². The van der Waals surface area contributed by atoms with Crippen molar-refractivity contribution in [2.45, 2.75) is 26.2 Å². The van der Waals surface area contributed by atoms with Crippen LogP contribution in [0.2, 0.25) is 0 Å². The molecule has 1 aliphatic rings. The SMILES string of the molecule is CCN(CCN)S(=O)(=O)N1CCCCC1. The molecule has 1 rings (SSSR count). The summed E-state index contributed by atoms with van der Waals surface area (Å²) in [5.74, 6) is 0. The van der Waals surface area contributed by atoms with Crippen LogP contribution in [0.3, 0.4) is 0 Å². The molecule has 2 N–H and O–H groups in total. The maximum absolute atomic E-state index is 12.1. The number of rotatable bonds is 5. The van der Waals surface area contributed by atoms with Gasteiger partial charge in [0.05, 0.1) is 0 Å². The minimum Gasteiger partial charge on any atom is -0.329 e. The van der Waals surface area contributed by atoms with Gasteiger partial charge in [-0.05, 0) is 12.8 Å². The Morgan fingerprint density at radius 2 is 1.87 bits per heavy atom. The molecular weight excluding hydrogens is 214 g/mol. The van der Waals surface area contributed by atoms with E-state index in [2.05, 4.69) is 0 Å². The van der Waals surface area contributed by atoms with E-state index in [0.717, 1.165) is 19.3 Å². The minimum absolute atomic E-state index is 0.376. The highest BCUT2D eigenvalue weighted by Crippen LogP contribution is 2.15. The van der Waals surface area contributed by atoms with Crippen molar-refractivity contribution in [3.05, 3.63) is 0 Å². The van der Waals surface area contributed by atoms with E-state index in [-0.39, 0.29) is 0 Å². The molecule has 0 aromatic carbocycles. The Morgan fingerprint density at radius 3 is 2.33 bits per heavy atom.